The predicted molar refractivity (Wildman–Crippen MR) is 70.2 cm³/mol. The van der Waals surface area contributed by atoms with Crippen molar-refractivity contribution in [3.63, 3.8) is 0 Å². The van der Waals surface area contributed by atoms with Crippen LogP contribution < -0.4 is 5.73 Å². The van der Waals surface area contributed by atoms with Crippen LogP contribution in [0.2, 0.25) is 0 Å². The summed E-state index contributed by atoms with van der Waals surface area (Å²) in [7, 11) is -3.40. The molecule has 0 amide bonds. The van der Waals surface area contributed by atoms with Crippen LogP contribution in [0, 0.1) is 0 Å². The quantitative estimate of drug-likeness (QED) is 0.863. The maximum atomic E-state index is 12.5. The maximum Gasteiger partial charge on any atom is 0.244 e. The summed E-state index contributed by atoms with van der Waals surface area (Å²) >= 11 is 0. The summed E-state index contributed by atoms with van der Waals surface area (Å²) in [5.74, 6) is 0. The monoisotopic (exact) mass is 285 g/mol. The van der Waals surface area contributed by atoms with Gasteiger partial charge >= 0.3 is 0 Å². The number of aromatic nitrogens is 1. The van der Waals surface area contributed by atoms with Crippen molar-refractivity contribution in [2.45, 2.75) is 30.3 Å². The summed E-state index contributed by atoms with van der Waals surface area (Å²) in [4.78, 5) is 0.363. The van der Waals surface area contributed by atoms with E-state index in [1.165, 1.54) is 4.31 Å². The molecule has 1 aliphatic carbocycles. The number of morpholine rings is 1. The van der Waals surface area contributed by atoms with Crippen LogP contribution in [0.1, 0.15) is 24.6 Å². The van der Waals surface area contributed by atoms with Crippen molar-refractivity contribution in [2.24, 2.45) is 5.73 Å². The molecule has 0 unspecified atom stereocenters. The Hall–Kier alpha value is -0.890. The van der Waals surface area contributed by atoms with Crippen molar-refractivity contribution < 1.29 is 13.2 Å². The van der Waals surface area contributed by atoms with E-state index < -0.39 is 10.0 Å². The van der Waals surface area contributed by atoms with Gasteiger partial charge in [0, 0.05) is 37.6 Å². The Kier molecular flexibility index (Phi) is 3.38. The Balaban J connectivity index is 1.91. The highest BCUT2D eigenvalue weighted by Gasteiger charge is 2.31. The summed E-state index contributed by atoms with van der Waals surface area (Å²) in [6, 6.07) is 2.15. The second-order valence-electron chi connectivity index (χ2n) is 5.03. The van der Waals surface area contributed by atoms with Gasteiger partial charge in [0.15, 0.2) is 0 Å². The Labute approximate surface area is 113 Å². The molecule has 6 nitrogen and oxygen atoms in total. The smallest absolute Gasteiger partial charge is 0.244 e. The summed E-state index contributed by atoms with van der Waals surface area (Å²) in [5, 5.41) is 0. The van der Waals surface area contributed by atoms with Gasteiger partial charge in [0.05, 0.1) is 13.2 Å². The van der Waals surface area contributed by atoms with E-state index in [0.29, 0.717) is 43.8 Å². The van der Waals surface area contributed by atoms with Gasteiger partial charge in [-0.1, -0.05) is 0 Å². The highest BCUT2D eigenvalue weighted by atomic mass is 32.2. The first-order valence-corrected chi connectivity index (χ1v) is 8.05. The van der Waals surface area contributed by atoms with Gasteiger partial charge in [-0.05, 0) is 18.9 Å². The number of nitrogens with two attached hydrogens (primary N) is 1. The molecule has 7 heteroatoms. The third kappa shape index (κ3) is 2.43. The minimum atomic E-state index is -3.40. The van der Waals surface area contributed by atoms with E-state index in [1.54, 1.807) is 12.3 Å². The first-order chi connectivity index (χ1) is 9.13. The molecule has 0 atom stereocenters. The summed E-state index contributed by atoms with van der Waals surface area (Å²) in [6.07, 6.45) is 3.96. The Morgan fingerprint density at radius 3 is 2.58 bits per heavy atom. The number of hydrogen-bond donors (Lipinski definition) is 1. The largest absolute Gasteiger partial charge is 0.379 e. The van der Waals surface area contributed by atoms with Gasteiger partial charge < -0.3 is 15.0 Å². The van der Waals surface area contributed by atoms with Gasteiger partial charge in [-0.25, -0.2) is 8.42 Å². The molecule has 2 aliphatic rings. The first kappa shape index (κ1) is 13.1. The number of hydrogen-bond acceptors (Lipinski definition) is 4. The molecule has 3 rings (SSSR count). The molecule has 0 radical (unpaired) electrons. The minimum Gasteiger partial charge on any atom is -0.379 e. The van der Waals surface area contributed by atoms with Crippen molar-refractivity contribution in [3.8, 4) is 0 Å². The van der Waals surface area contributed by atoms with E-state index >= 15 is 0 Å². The van der Waals surface area contributed by atoms with E-state index in [0.717, 1.165) is 18.5 Å². The van der Waals surface area contributed by atoms with E-state index in [4.69, 9.17) is 10.5 Å². The van der Waals surface area contributed by atoms with Crippen molar-refractivity contribution in [1.82, 2.24) is 8.87 Å². The average Bonchev–Trinajstić information content (AvgIpc) is 3.18. The van der Waals surface area contributed by atoms with E-state index in [9.17, 15) is 8.42 Å². The molecule has 0 aromatic carbocycles. The van der Waals surface area contributed by atoms with Gasteiger partial charge in [-0.15, -0.1) is 0 Å². The average molecular weight is 285 g/mol. The van der Waals surface area contributed by atoms with E-state index in [-0.39, 0.29) is 0 Å². The standard InChI is InChI=1S/C12H19N3O3S/c13-8-11-7-12(9-15(11)10-1-2-10)19(16,17)14-3-5-18-6-4-14/h7,9-10H,1-6,8,13H2. The predicted octanol–water partition coefficient (Wildman–Crippen LogP) is 0.303. The fourth-order valence-electron chi connectivity index (χ4n) is 2.43. The Morgan fingerprint density at radius 1 is 1.32 bits per heavy atom. The molecule has 2 fully saturated rings. The lowest BCUT2D eigenvalue weighted by molar-refractivity contribution is 0.0730. The highest BCUT2D eigenvalue weighted by Crippen LogP contribution is 2.37. The zero-order valence-electron chi connectivity index (χ0n) is 10.8. The number of sulfonamides is 1. The fraction of sp³-hybridized carbons (Fsp3) is 0.667. The van der Waals surface area contributed by atoms with Crippen LogP contribution in [0.4, 0.5) is 0 Å². The topological polar surface area (TPSA) is 77.6 Å². The van der Waals surface area contributed by atoms with Crippen LogP contribution in [-0.2, 0) is 21.3 Å². The molecular formula is C12H19N3O3S. The van der Waals surface area contributed by atoms with Crippen LogP contribution >= 0.6 is 0 Å². The van der Waals surface area contributed by atoms with E-state index in [2.05, 4.69) is 0 Å². The zero-order valence-corrected chi connectivity index (χ0v) is 11.6. The first-order valence-electron chi connectivity index (χ1n) is 6.61. The number of nitrogens with zero attached hydrogens (tertiary/aromatic N) is 2. The lowest BCUT2D eigenvalue weighted by Gasteiger charge is -2.25. The fourth-order valence-corrected chi connectivity index (χ4v) is 3.89. The molecule has 1 saturated heterocycles. The van der Waals surface area contributed by atoms with Crippen molar-refractivity contribution in [3.05, 3.63) is 18.0 Å². The Bertz CT molecular complexity index is 557. The van der Waals surface area contributed by atoms with Crippen molar-refractivity contribution >= 4 is 10.0 Å². The second-order valence-corrected chi connectivity index (χ2v) is 6.96. The highest BCUT2D eigenvalue weighted by molar-refractivity contribution is 7.89. The van der Waals surface area contributed by atoms with Crippen molar-refractivity contribution in [1.29, 1.82) is 0 Å². The lowest BCUT2D eigenvalue weighted by Crippen LogP contribution is -2.40. The summed E-state index contributed by atoms with van der Waals surface area (Å²) < 4.78 is 33.8. The van der Waals surface area contributed by atoms with Crippen LogP contribution in [0.25, 0.3) is 0 Å². The molecule has 1 aromatic heterocycles. The molecule has 1 saturated carbocycles. The normalized spacial score (nSPS) is 21.7. The van der Waals surface area contributed by atoms with Gasteiger partial charge in [-0.2, -0.15) is 4.31 Å². The van der Waals surface area contributed by atoms with Gasteiger partial charge in [0.25, 0.3) is 0 Å². The zero-order chi connectivity index (χ0) is 13.5. The molecule has 1 aliphatic heterocycles. The van der Waals surface area contributed by atoms with Crippen LogP contribution in [0.15, 0.2) is 17.2 Å². The molecule has 2 heterocycles. The minimum absolute atomic E-state index is 0.363. The van der Waals surface area contributed by atoms with Crippen molar-refractivity contribution in [2.75, 3.05) is 26.3 Å². The number of ether oxygens (including phenoxy) is 1. The Morgan fingerprint density at radius 2 is 2.00 bits per heavy atom. The maximum absolute atomic E-state index is 12.5. The summed E-state index contributed by atoms with van der Waals surface area (Å²) in [5.41, 5.74) is 6.60. The molecule has 2 N–H and O–H groups in total. The van der Waals surface area contributed by atoms with Crippen LogP contribution in [0.3, 0.4) is 0 Å². The molecule has 0 spiro atoms. The third-order valence-corrected chi connectivity index (χ3v) is 5.53. The molecule has 19 heavy (non-hydrogen) atoms. The number of rotatable bonds is 4. The van der Waals surface area contributed by atoms with Gasteiger partial charge in [-0.3, -0.25) is 0 Å². The van der Waals surface area contributed by atoms with Crippen LogP contribution in [-0.4, -0.2) is 43.6 Å². The van der Waals surface area contributed by atoms with Gasteiger partial charge in [0.1, 0.15) is 4.90 Å². The molecule has 1 aromatic rings. The molecular weight excluding hydrogens is 266 g/mol. The summed E-state index contributed by atoms with van der Waals surface area (Å²) in [6.45, 7) is 2.15. The SMILES string of the molecule is NCc1cc(S(=O)(=O)N2CCOCC2)cn1C1CC1. The van der Waals surface area contributed by atoms with E-state index in [1.807, 2.05) is 4.57 Å². The molecule has 0 bridgehead atoms. The second kappa shape index (κ2) is 4.90. The third-order valence-electron chi connectivity index (χ3n) is 3.66. The molecule has 106 valence electrons. The van der Waals surface area contributed by atoms with Crippen LogP contribution in [0.5, 0.6) is 0 Å². The lowest BCUT2D eigenvalue weighted by atomic mass is 10.4. The van der Waals surface area contributed by atoms with Gasteiger partial charge in [0.2, 0.25) is 10.0 Å².